The molecule has 1 aliphatic heterocycles. The zero-order chi connectivity index (χ0) is 15.7. The summed E-state index contributed by atoms with van der Waals surface area (Å²) in [6, 6.07) is 7.80. The topological polar surface area (TPSA) is 66.2 Å². The van der Waals surface area contributed by atoms with Crippen LogP contribution in [0.15, 0.2) is 23.6 Å². The van der Waals surface area contributed by atoms with Crippen LogP contribution in [0.25, 0.3) is 11.3 Å². The molecule has 1 unspecified atom stereocenters. The van der Waals surface area contributed by atoms with Gasteiger partial charge in [-0.25, -0.2) is 4.98 Å². The number of hydrogen-bond donors (Lipinski definition) is 0. The van der Waals surface area contributed by atoms with E-state index in [-0.39, 0.29) is 12.3 Å². The molecule has 0 spiro atoms. The average molecular weight is 313 g/mol. The molecular weight excluding hydrogens is 298 g/mol. The highest BCUT2D eigenvalue weighted by molar-refractivity contribution is 7.09. The fourth-order valence-corrected chi connectivity index (χ4v) is 3.08. The molecule has 6 heteroatoms. The van der Waals surface area contributed by atoms with E-state index in [9.17, 15) is 4.79 Å². The third-order valence-electron chi connectivity index (χ3n) is 3.53. The maximum atomic E-state index is 12.3. The molecule has 1 aliphatic rings. The molecule has 0 aliphatic carbocycles. The number of carbonyl (C=O) groups excluding carboxylic acids is 1. The highest BCUT2D eigenvalue weighted by atomic mass is 32.1. The van der Waals surface area contributed by atoms with Gasteiger partial charge in [-0.1, -0.05) is 0 Å². The number of thiazole rings is 1. The fraction of sp³-hybridized carbons (Fsp3) is 0.312. The van der Waals surface area contributed by atoms with Crippen LogP contribution < -0.4 is 9.64 Å². The lowest BCUT2D eigenvalue weighted by atomic mass is 10.1. The number of nitriles is 1. The minimum atomic E-state index is -0.529. The van der Waals surface area contributed by atoms with Crippen molar-refractivity contribution in [3.63, 3.8) is 0 Å². The van der Waals surface area contributed by atoms with E-state index < -0.39 is 6.10 Å². The Morgan fingerprint density at radius 3 is 3.00 bits per heavy atom. The molecule has 1 amide bonds. The average Bonchev–Trinajstić information content (AvgIpc) is 2.94. The second-order valence-electron chi connectivity index (χ2n) is 5.09. The normalized spacial score (nSPS) is 16.9. The zero-order valence-corrected chi connectivity index (χ0v) is 13.2. The third-order valence-corrected chi connectivity index (χ3v) is 4.30. The van der Waals surface area contributed by atoms with Crippen molar-refractivity contribution >= 4 is 22.9 Å². The van der Waals surface area contributed by atoms with Crippen molar-refractivity contribution in [2.75, 3.05) is 11.4 Å². The number of rotatable bonds is 3. The van der Waals surface area contributed by atoms with Crippen LogP contribution in [-0.4, -0.2) is 23.5 Å². The van der Waals surface area contributed by atoms with E-state index >= 15 is 0 Å². The van der Waals surface area contributed by atoms with Gasteiger partial charge in [0.1, 0.15) is 5.75 Å². The maximum absolute atomic E-state index is 12.3. The molecular formula is C16H15N3O2S. The number of amides is 1. The SMILES string of the molecule is Cc1nc(-c2ccc3c(c2)N(CCC#N)C(=O)C(C)O3)cs1. The molecule has 2 heterocycles. The number of fused-ring (bicyclic) bond motifs is 1. The Kier molecular flexibility index (Phi) is 3.82. The van der Waals surface area contributed by atoms with E-state index in [4.69, 9.17) is 10.00 Å². The van der Waals surface area contributed by atoms with Crippen molar-refractivity contribution < 1.29 is 9.53 Å². The lowest BCUT2D eigenvalue weighted by Gasteiger charge is -2.32. The van der Waals surface area contributed by atoms with Crippen LogP contribution >= 0.6 is 11.3 Å². The standard InChI is InChI=1S/C16H15N3O2S/c1-10-16(20)19(7-3-6-17)14-8-12(4-5-15(14)21-10)13-9-22-11(2)18-13/h4-5,8-10H,3,7H2,1-2H3. The van der Waals surface area contributed by atoms with Gasteiger partial charge in [0.2, 0.25) is 0 Å². The first kappa shape index (κ1) is 14.5. The molecule has 112 valence electrons. The third kappa shape index (κ3) is 2.55. The lowest BCUT2D eigenvalue weighted by Crippen LogP contribution is -2.44. The molecule has 22 heavy (non-hydrogen) atoms. The van der Waals surface area contributed by atoms with Crippen molar-refractivity contribution in [2.45, 2.75) is 26.4 Å². The van der Waals surface area contributed by atoms with Crippen molar-refractivity contribution in [2.24, 2.45) is 0 Å². The summed E-state index contributed by atoms with van der Waals surface area (Å²) in [6.45, 7) is 4.05. The first-order valence-corrected chi connectivity index (χ1v) is 7.89. The molecule has 2 aromatic rings. The molecule has 1 aromatic heterocycles. The number of carbonyl (C=O) groups is 1. The van der Waals surface area contributed by atoms with E-state index in [1.54, 1.807) is 23.2 Å². The second-order valence-corrected chi connectivity index (χ2v) is 6.15. The summed E-state index contributed by atoms with van der Waals surface area (Å²) < 4.78 is 5.66. The molecule has 0 saturated heterocycles. The van der Waals surface area contributed by atoms with Gasteiger partial charge < -0.3 is 9.64 Å². The largest absolute Gasteiger partial charge is 0.479 e. The number of nitrogens with zero attached hydrogens (tertiary/aromatic N) is 3. The van der Waals surface area contributed by atoms with Gasteiger partial charge in [0.05, 0.1) is 28.9 Å². The predicted octanol–water partition coefficient (Wildman–Crippen LogP) is 3.15. The van der Waals surface area contributed by atoms with Gasteiger partial charge >= 0.3 is 0 Å². The number of hydrogen-bond acceptors (Lipinski definition) is 5. The smallest absolute Gasteiger partial charge is 0.267 e. The predicted molar refractivity (Wildman–Crippen MR) is 85.0 cm³/mol. The molecule has 0 N–H and O–H groups in total. The number of benzene rings is 1. The van der Waals surface area contributed by atoms with Gasteiger partial charge in [0.25, 0.3) is 5.91 Å². The van der Waals surface area contributed by atoms with Crippen LogP contribution in [0.4, 0.5) is 5.69 Å². The van der Waals surface area contributed by atoms with Crippen molar-refractivity contribution in [1.29, 1.82) is 5.26 Å². The number of aromatic nitrogens is 1. The van der Waals surface area contributed by atoms with Gasteiger partial charge in [0.15, 0.2) is 6.10 Å². The Labute approximate surface area is 132 Å². The van der Waals surface area contributed by atoms with Crippen LogP contribution in [-0.2, 0) is 4.79 Å². The Balaban J connectivity index is 2.03. The van der Waals surface area contributed by atoms with Crippen LogP contribution in [0.5, 0.6) is 5.75 Å². The lowest BCUT2D eigenvalue weighted by molar-refractivity contribution is -0.125. The molecule has 0 fully saturated rings. The van der Waals surface area contributed by atoms with E-state index in [1.807, 2.05) is 30.5 Å². The minimum absolute atomic E-state index is 0.116. The Morgan fingerprint density at radius 1 is 1.50 bits per heavy atom. The van der Waals surface area contributed by atoms with E-state index in [2.05, 4.69) is 11.1 Å². The Morgan fingerprint density at radius 2 is 2.32 bits per heavy atom. The van der Waals surface area contributed by atoms with Crippen LogP contribution in [0, 0.1) is 18.3 Å². The van der Waals surface area contributed by atoms with Crippen LogP contribution in [0.3, 0.4) is 0 Å². The summed E-state index contributed by atoms with van der Waals surface area (Å²) in [6.07, 6.45) is -0.239. The van der Waals surface area contributed by atoms with Crippen molar-refractivity contribution in [1.82, 2.24) is 4.98 Å². The van der Waals surface area contributed by atoms with Gasteiger partial charge in [-0.05, 0) is 32.0 Å². The Hall–Kier alpha value is -2.39. The fourth-order valence-electron chi connectivity index (χ4n) is 2.45. The summed E-state index contributed by atoms with van der Waals surface area (Å²) >= 11 is 1.59. The van der Waals surface area contributed by atoms with Crippen molar-refractivity contribution in [3.8, 4) is 23.1 Å². The summed E-state index contributed by atoms with van der Waals surface area (Å²) in [5.74, 6) is 0.551. The summed E-state index contributed by atoms with van der Waals surface area (Å²) in [7, 11) is 0. The minimum Gasteiger partial charge on any atom is -0.479 e. The highest BCUT2D eigenvalue weighted by Crippen LogP contribution is 2.37. The number of anilines is 1. The van der Waals surface area contributed by atoms with Gasteiger partial charge in [-0.2, -0.15) is 5.26 Å². The van der Waals surface area contributed by atoms with Gasteiger partial charge in [0, 0.05) is 17.5 Å². The molecule has 1 atom stereocenters. The summed E-state index contributed by atoms with van der Waals surface area (Å²) in [4.78, 5) is 18.4. The Bertz CT molecular complexity index is 763. The van der Waals surface area contributed by atoms with Gasteiger partial charge in [-0.15, -0.1) is 11.3 Å². The van der Waals surface area contributed by atoms with E-state index in [0.717, 1.165) is 16.3 Å². The maximum Gasteiger partial charge on any atom is 0.267 e. The van der Waals surface area contributed by atoms with Crippen LogP contribution in [0.1, 0.15) is 18.4 Å². The first-order valence-electron chi connectivity index (χ1n) is 7.01. The number of aryl methyl sites for hydroxylation is 1. The molecule has 0 saturated carbocycles. The zero-order valence-electron chi connectivity index (χ0n) is 12.4. The molecule has 5 nitrogen and oxygen atoms in total. The summed E-state index contributed by atoms with van der Waals surface area (Å²) in [5.41, 5.74) is 2.54. The van der Waals surface area contributed by atoms with Crippen molar-refractivity contribution in [3.05, 3.63) is 28.6 Å². The molecule has 0 bridgehead atoms. The quantitative estimate of drug-likeness (QED) is 0.873. The van der Waals surface area contributed by atoms with E-state index in [0.29, 0.717) is 18.0 Å². The second kappa shape index (κ2) is 5.78. The molecule has 0 radical (unpaired) electrons. The highest BCUT2D eigenvalue weighted by Gasteiger charge is 2.31. The monoisotopic (exact) mass is 313 g/mol. The van der Waals surface area contributed by atoms with Gasteiger partial charge in [-0.3, -0.25) is 4.79 Å². The number of ether oxygens (including phenoxy) is 1. The first-order chi connectivity index (χ1) is 10.6. The molecule has 3 rings (SSSR count). The van der Waals surface area contributed by atoms with Crippen LogP contribution in [0.2, 0.25) is 0 Å². The summed E-state index contributed by atoms with van der Waals surface area (Å²) in [5, 5.41) is 11.8. The molecule has 1 aromatic carbocycles. The van der Waals surface area contributed by atoms with E-state index in [1.165, 1.54) is 0 Å².